The molecule has 0 bridgehead atoms. The number of nitro groups is 1. The third-order valence-electron chi connectivity index (χ3n) is 4.96. The molecule has 0 fully saturated rings. The minimum atomic E-state index is -0.549. The maximum Gasteiger partial charge on any atom is 0.307 e. The van der Waals surface area contributed by atoms with Gasteiger partial charge in [-0.3, -0.25) is 19.6 Å². The number of amides is 1. The summed E-state index contributed by atoms with van der Waals surface area (Å²) in [6.45, 7) is 0.246. The molecule has 0 aliphatic carbocycles. The van der Waals surface area contributed by atoms with Crippen molar-refractivity contribution in [1.29, 1.82) is 0 Å². The predicted molar refractivity (Wildman–Crippen MR) is 122 cm³/mol. The number of carbonyl (C=O) groups excluding carboxylic acids is 1. The predicted octanol–water partition coefficient (Wildman–Crippen LogP) is 3.47. The fourth-order valence-corrected chi connectivity index (χ4v) is 3.35. The number of hydrogen-bond donors (Lipinski definition) is 2. The molecule has 4 rings (SSSR count). The van der Waals surface area contributed by atoms with Crippen LogP contribution in [0.25, 0.3) is 10.8 Å². The largest absolute Gasteiger partial charge is 0.507 e. The number of nitrogens with one attached hydrogen (secondary N) is 1. The third kappa shape index (κ3) is 4.79. The van der Waals surface area contributed by atoms with E-state index in [1.165, 1.54) is 36.5 Å². The number of aromatic hydroxyl groups is 1. The van der Waals surface area contributed by atoms with Crippen LogP contribution in [0.5, 0.6) is 11.5 Å². The van der Waals surface area contributed by atoms with Crippen molar-refractivity contribution in [3.8, 4) is 11.5 Å². The van der Waals surface area contributed by atoms with E-state index in [4.69, 9.17) is 4.74 Å². The molecule has 0 atom stereocenters. The van der Waals surface area contributed by atoms with Crippen LogP contribution in [0, 0.1) is 10.1 Å². The quantitative estimate of drug-likeness (QED) is 0.254. The van der Waals surface area contributed by atoms with Gasteiger partial charge in [-0.2, -0.15) is 10.2 Å². The summed E-state index contributed by atoms with van der Waals surface area (Å²) in [5.74, 6) is -0.107. The summed E-state index contributed by atoms with van der Waals surface area (Å²) < 4.78 is 6.79. The number of aromatic nitrogens is 2. The topological polar surface area (TPSA) is 132 Å². The summed E-state index contributed by atoms with van der Waals surface area (Å²) in [6.07, 6.45) is 3.95. The Morgan fingerprint density at radius 3 is 2.70 bits per heavy atom. The van der Waals surface area contributed by atoms with Crippen molar-refractivity contribution in [2.24, 2.45) is 5.10 Å². The minimum Gasteiger partial charge on any atom is -0.507 e. The highest BCUT2D eigenvalue weighted by molar-refractivity contribution is 6.01. The number of fused-ring (bicyclic) bond motifs is 1. The van der Waals surface area contributed by atoms with Gasteiger partial charge in [0.05, 0.1) is 30.4 Å². The van der Waals surface area contributed by atoms with E-state index in [1.54, 1.807) is 24.3 Å². The molecule has 3 aromatic carbocycles. The van der Waals surface area contributed by atoms with Crippen molar-refractivity contribution < 1.29 is 19.6 Å². The molecule has 0 aliphatic heterocycles. The summed E-state index contributed by atoms with van der Waals surface area (Å²) in [5, 5.41) is 30.7. The number of carbonyl (C=O) groups is 1. The van der Waals surface area contributed by atoms with Crippen molar-refractivity contribution in [2.45, 2.75) is 6.54 Å². The Kier molecular flexibility index (Phi) is 5.98. The molecule has 0 unspecified atom stereocenters. The van der Waals surface area contributed by atoms with E-state index < -0.39 is 10.8 Å². The second kappa shape index (κ2) is 9.18. The van der Waals surface area contributed by atoms with Crippen molar-refractivity contribution >= 4 is 28.6 Å². The molecular formula is C23H19N5O5. The summed E-state index contributed by atoms with van der Waals surface area (Å²) in [5.41, 5.74) is 3.80. The maximum atomic E-state index is 12.5. The van der Waals surface area contributed by atoms with Crippen molar-refractivity contribution in [2.75, 3.05) is 7.11 Å². The van der Waals surface area contributed by atoms with Gasteiger partial charge in [-0.25, -0.2) is 5.43 Å². The highest BCUT2D eigenvalue weighted by atomic mass is 16.6. The summed E-state index contributed by atoms with van der Waals surface area (Å²) in [6, 6.07) is 15.8. The number of rotatable bonds is 7. The monoisotopic (exact) mass is 445 g/mol. The number of benzene rings is 3. The molecule has 1 aromatic heterocycles. The van der Waals surface area contributed by atoms with Crippen LogP contribution in [0.4, 0.5) is 5.69 Å². The van der Waals surface area contributed by atoms with Crippen LogP contribution in [-0.4, -0.2) is 39.0 Å². The average Bonchev–Trinajstić information content (AvgIpc) is 3.27. The Morgan fingerprint density at radius 2 is 2.00 bits per heavy atom. The SMILES string of the molecule is COc1ccc(/C=N/NC(=O)c2cc3ccccc3cc2O)cc1Cn1cc([N+](=O)[O-])cn1. The minimum absolute atomic E-state index is 0.105. The zero-order valence-corrected chi connectivity index (χ0v) is 17.5. The van der Waals surface area contributed by atoms with Crippen molar-refractivity contribution in [3.63, 3.8) is 0 Å². The van der Waals surface area contributed by atoms with Crippen molar-refractivity contribution in [3.05, 3.63) is 93.8 Å². The van der Waals surface area contributed by atoms with E-state index >= 15 is 0 Å². The van der Waals surface area contributed by atoms with E-state index in [-0.39, 0.29) is 23.5 Å². The maximum absolute atomic E-state index is 12.5. The fraction of sp³-hybridized carbons (Fsp3) is 0.0870. The van der Waals surface area contributed by atoms with Crippen LogP contribution in [-0.2, 0) is 6.54 Å². The molecule has 4 aromatic rings. The van der Waals surface area contributed by atoms with E-state index in [1.807, 2.05) is 24.3 Å². The molecule has 1 amide bonds. The van der Waals surface area contributed by atoms with Crippen LogP contribution < -0.4 is 10.2 Å². The van der Waals surface area contributed by atoms with Gasteiger partial charge >= 0.3 is 5.69 Å². The molecule has 2 N–H and O–H groups in total. The average molecular weight is 445 g/mol. The summed E-state index contributed by atoms with van der Waals surface area (Å²) in [4.78, 5) is 22.8. The van der Waals surface area contributed by atoms with Crippen molar-refractivity contribution in [1.82, 2.24) is 15.2 Å². The lowest BCUT2D eigenvalue weighted by Gasteiger charge is -2.09. The van der Waals surface area contributed by atoms with Gasteiger partial charge in [0.15, 0.2) is 0 Å². The number of methoxy groups -OCH3 is 1. The first-order valence-electron chi connectivity index (χ1n) is 9.83. The summed E-state index contributed by atoms with van der Waals surface area (Å²) >= 11 is 0. The molecule has 0 spiro atoms. The van der Waals surface area contributed by atoms with E-state index in [0.717, 1.165) is 16.3 Å². The Bertz CT molecular complexity index is 1380. The number of ether oxygens (including phenoxy) is 1. The van der Waals surface area contributed by atoms with Gasteiger partial charge in [0, 0.05) is 5.56 Å². The second-order valence-electron chi connectivity index (χ2n) is 7.14. The van der Waals surface area contributed by atoms with Crippen LogP contribution >= 0.6 is 0 Å². The molecule has 10 nitrogen and oxygen atoms in total. The Hall–Kier alpha value is -4.73. The van der Waals surface area contributed by atoms with E-state index in [0.29, 0.717) is 11.3 Å². The van der Waals surface area contributed by atoms with Crippen LogP contribution in [0.1, 0.15) is 21.5 Å². The van der Waals surface area contributed by atoms with Crippen LogP contribution in [0.15, 0.2) is 72.1 Å². The summed E-state index contributed by atoms with van der Waals surface area (Å²) in [7, 11) is 1.52. The Labute approximate surface area is 187 Å². The molecule has 0 aliphatic rings. The first-order valence-corrected chi connectivity index (χ1v) is 9.83. The van der Waals surface area contributed by atoms with Gasteiger partial charge in [0.1, 0.15) is 23.9 Å². The van der Waals surface area contributed by atoms with Crippen LogP contribution in [0.2, 0.25) is 0 Å². The zero-order valence-electron chi connectivity index (χ0n) is 17.5. The van der Waals surface area contributed by atoms with Crippen LogP contribution in [0.3, 0.4) is 0 Å². The highest BCUT2D eigenvalue weighted by Gasteiger charge is 2.13. The molecular weight excluding hydrogens is 426 g/mol. The molecule has 0 saturated heterocycles. The number of phenols is 1. The lowest BCUT2D eigenvalue weighted by atomic mass is 10.1. The van der Waals surface area contributed by atoms with Gasteiger partial charge in [0.2, 0.25) is 0 Å². The van der Waals surface area contributed by atoms with E-state index in [2.05, 4.69) is 15.6 Å². The standard InChI is InChI=1S/C23H19N5O5/c1-33-22-7-6-15(8-18(22)13-27-14-19(12-25-27)28(31)32)11-24-26-23(30)20-9-16-4-2-3-5-17(16)10-21(20)29/h2-12,14,29H,13H2,1H3,(H,26,30)/b24-11+. The molecule has 1 heterocycles. The first-order chi connectivity index (χ1) is 15.9. The van der Waals surface area contributed by atoms with E-state index in [9.17, 15) is 20.0 Å². The number of hydrogen-bond acceptors (Lipinski definition) is 7. The highest BCUT2D eigenvalue weighted by Crippen LogP contribution is 2.25. The Morgan fingerprint density at radius 1 is 1.24 bits per heavy atom. The fourth-order valence-electron chi connectivity index (χ4n) is 3.35. The molecule has 166 valence electrons. The second-order valence-corrected chi connectivity index (χ2v) is 7.14. The molecule has 0 radical (unpaired) electrons. The van der Waals surface area contributed by atoms with Gasteiger partial charge in [-0.05, 0) is 46.7 Å². The molecule has 0 saturated carbocycles. The molecule has 33 heavy (non-hydrogen) atoms. The van der Waals surface area contributed by atoms with Gasteiger partial charge in [-0.1, -0.05) is 24.3 Å². The number of phenolic OH excluding ortho intramolecular Hbond substituents is 1. The number of hydrazone groups is 1. The smallest absolute Gasteiger partial charge is 0.307 e. The lowest BCUT2D eigenvalue weighted by Crippen LogP contribution is -2.17. The van der Waals surface area contributed by atoms with Gasteiger partial charge in [0.25, 0.3) is 5.91 Å². The Balaban J connectivity index is 1.50. The zero-order chi connectivity index (χ0) is 23.4. The van der Waals surface area contributed by atoms with Gasteiger partial charge in [-0.15, -0.1) is 0 Å². The number of nitrogens with zero attached hydrogens (tertiary/aromatic N) is 4. The molecule has 10 heteroatoms. The first kappa shape index (κ1) is 21.5. The normalized spacial score (nSPS) is 11.1. The third-order valence-corrected chi connectivity index (χ3v) is 4.96. The lowest BCUT2D eigenvalue weighted by molar-refractivity contribution is -0.385. The van der Waals surface area contributed by atoms with Gasteiger partial charge < -0.3 is 9.84 Å².